The molecule has 0 amide bonds. The first-order chi connectivity index (χ1) is 8.40. The van der Waals surface area contributed by atoms with Crippen LogP contribution in [-0.2, 0) is 0 Å². The van der Waals surface area contributed by atoms with Crippen LogP contribution in [0, 0.1) is 12.3 Å². The Hall–Kier alpha value is -2.26. The molecule has 82 valence electrons. The highest BCUT2D eigenvalue weighted by Gasteiger charge is 2.02. The van der Waals surface area contributed by atoms with Gasteiger partial charge in [0, 0.05) is 0 Å². The van der Waals surface area contributed by atoms with Gasteiger partial charge in [0.05, 0.1) is 5.92 Å². The summed E-state index contributed by atoms with van der Waals surface area (Å²) in [5, 5.41) is 0. The summed E-state index contributed by atoms with van der Waals surface area (Å²) < 4.78 is 0. The maximum Gasteiger partial charge on any atom is 0.0633 e. The van der Waals surface area contributed by atoms with Crippen LogP contribution in [-0.4, -0.2) is 0 Å². The topological polar surface area (TPSA) is 0 Å². The van der Waals surface area contributed by atoms with Gasteiger partial charge in [0.1, 0.15) is 0 Å². The van der Waals surface area contributed by atoms with E-state index in [-0.39, 0.29) is 5.92 Å². The van der Waals surface area contributed by atoms with Crippen LogP contribution in [0.1, 0.15) is 17.0 Å². The molecule has 0 bridgehead atoms. The van der Waals surface area contributed by atoms with Gasteiger partial charge in [-0.25, -0.2) is 0 Å². The van der Waals surface area contributed by atoms with Crippen molar-refractivity contribution in [2.24, 2.45) is 0 Å². The van der Waals surface area contributed by atoms with Gasteiger partial charge in [-0.05, 0) is 11.1 Å². The van der Waals surface area contributed by atoms with E-state index < -0.39 is 0 Å². The smallest absolute Gasteiger partial charge is 0.0633 e. The lowest BCUT2D eigenvalue weighted by molar-refractivity contribution is 1.13. The minimum atomic E-state index is 0.0383. The first-order valence-electron chi connectivity index (χ1n) is 5.64. The Bertz CT molecular complexity index is 515. The summed E-state index contributed by atoms with van der Waals surface area (Å²) in [4.78, 5) is 0. The van der Waals surface area contributed by atoms with Gasteiger partial charge in [0.2, 0.25) is 0 Å². The molecule has 1 atom stereocenters. The van der Waals surface area contributed by atoms with E-state index in [2.05, 4.69) is 42.3 Å². The van der Waals surface area contributed by atoms with Crippen molar-refractivity contribution >= 4 is 6.08 Å². The fourth-order valence-electron chi connectivity index (χ4n) is 1.69. The summed E-state index contributed by atoms with van der Waals surface area (Å²) in [5.74, 6) is 2.84. The van der Waals surface area contributed by atoms with Crippen molar-refractivity contribution in [2.45, 2.75) is 5.92 Å². The van der Waals surface area contributed by atoms with Crippen molar-refractivity contribution in [2.75, 3.05) is 0 Å². The summed E-state index contributed by atoms with van der Waals surface area (Å²) >= 11 is 0. The second kappa shape index (κ2) is 5.72. The van der Waals surface area contributed by atoms with Gasteiger partial charge in [-0.1, -0.05) is 78.7 Å². The molecule has 0 nitrogen and oxygen atoms in total. The number of hydrogen-bond acceptors (Lipinski definition) is 0. The molecule has 0 N–H and O–H groups in total. The van der Waals surface area contributed by atoms with E-state index in [1.54, 1.807) is 0 Å². The van der Waals surface area contributed by atoms with Crippen LogP contribution >= 0.6 is 0 Å². The molecule has 2 aromatic carbocycles. The van der Waals surface area contributed by atoms with Crippen LogP contribution in [0.25, 0.3) is 6.08 Å². The van der Waals surface area contributed by atoms with Crippen LogP contribution in [0.5, 0.6) is 0 Å². The number of terminal acetylenes is 1. The molecule has 0 heteroatoms. The van der Waals surface area contributed by atoms with E-state index in [1.165, 1.54) is 5.56 Å². The minimum Gasteiger partial charge on any atom is -0.119 e. The zero-order valence-corrected chi connectivity index (χ0v) is 9.58. The standard InChI is InChI=1S/C17H14/c1-2-16(17-11-7-4-8-12-17)14-13-15-9-5-3-6-10-15/h1,3-14,16H/b14-13+. The van der Waals surface area contributed by atoms with Crippen LogP contribution in [0.2, 0.25) is 0 Å². The quantitative estimate of drug-likeness (QED) is 0.680. The van der Waals surface area contributed by atoms with Crippen molar-refractivity contribution in [1.82, 2.24) is 0 Å². The third kappa shape index (κ3) is 3.09. The molecule has 1 unspecified atom stereocenters. The maximum atomic E-state index is 5.57. The van der Waals surface area contributed by atoms with Crippen molar-refractivity contribution in [3.05, 3.63) is 77.9 Å². The fraction of sp³-hybridized carbons (Fsp3) is 0.0588. The first kappa shape index (κ1) is 11.2. The van der Waals surface area contributed by atoms with Crippen molar-refractivity contribution in [1.29, 1.82) is 0 Å². The highest BCUT2D eigenvalue weighted by molar-refractivity contribution is 5.52. The highest BCUT2D eigenvalue weighted by Crippen LogP contribution is 2.17. The Balaban J connectivity index is 2.17. The number of rotatable bonds is 3. The molecule has 0 aromatic heterocycles. The molecular formula is C17H14. The predicted molar refractivity (Wildman–Crippen MR) is 73.5 cm³/mol. The molecule has 2 aromatic rings. The average molecular weight is 218 g/mol. The van der Waals surface area contributed by atoms with E-state index in [0.717, 1.165) is 5.56 Å². The molecule has 0 radical (unpaired) electrons. The van der Waals surface area contributed by atoms with Gasteiger partial charge >= 0.3 is 0 Å². The van der Waals surface area contributed by atoms with Crippen molar-refractivity contribution < 1.29 is 0 Å². The van der Waals surface area contributed by atoms with Gasteiger partial charge in [-0.3, -0.25) is 0 Å². The Kier molecular flexibility index (Phi) is 3.78. The van der Waals surface area contributed by atoms with E-state index in [9.17, 15) is 0 Å². The second-order valence-electron chi connectivity index (χ2n) is 3.82. The van der Waals surface area contributed by atoms with Crippen LogP contribution in [0.4, 0.5) is 0 Å². The second-order valence-corrected chi connectivity index (χ2v) is 3.82. The van der Waals surface area contributed by atoms with E-state index >= 15 is 0 Å². The molecule has 2 rings (SSSR count). The van der Waals surface area contributed by atoms with Gasteiger partial charge in [0.25, 0.3) is 0 Å². The van der Waals surface area contributed by atoms with E-state index in [4.69, 9.17) is 6.42 Å². The Morgan fingerprint density at radius 1 is 0.882 bits per heavy atom. The Labute approximate surface area is 103 Å². The van der Waals surface area contributed by atoms with Gasteiger partial charge in [0.15, 0.2) is 0 Å². The number of hydrogen-bond donors (Lipinski definition) is 0. The largest absolute Gasteiger partial charge is 0.119 e. The lowest BCUT2D eigenvalue weighted by Gasteiger charge is -2.05. The Morgan fingerprint density at radius 2 is 1.47 bits per heavy atom. The first-order valence-corrected chi connectivity index (χ1v) is 5.64. The monoisotopic (exact) mass is 218 g/mol. The SMILES string of the molecule is C#CC(/C=C/c1ccccc1)c1ccccc1. The molecule has 0 aliphatic rings. The number of allylic oxidation sites excluding steroid dienone is 1. The zero-order chi connectivity index (χ0) is 11.9. The van der Waals surface area contributed by atoms with Crippen LogP contribution < -0.4 is 0 Å². The van der Waals surface area contributed by atoms with Crippen LogP contribution in [0.15, 0.2) is 66.7 Å². The predicted octanol–water partition coefficient (Wildman–Crippen LogP) is 4.12. The molecule has 0 saturated heterocycles. The zero-order valence-electron chi connectivity index (χ0n) is 9.58. The number of benzene rings is 2. The third-order valence-electron chi connectivity index (χ3n) is 2.62. The molecule has 0 heterocycles. The molecular weight excluding hydrogens is 204 g/mol. The van der Waals surface area contributed by atoms with Gasteiger partial charge < -0.3 is 0 Å². The van der Waals surface area contributed by atoms with Crippen LogP contribution in [0.3, 0.4) is 0 Å². The van der Waals surface area contributed by atoms with Gasteiger partial charge in [-0.15, -0.1) is 6.42 Å². The lowest BCUT2D eigenvalue weighted by Crippen LogP contribution is -1.90. The highest BCUT2D eigenvalue weighted by atomic mass is 14.0. The molecule has 0 spiro atoms. The summed E-state index contributed by atoms with van der Waals surface area (Å²) in [7, 11) is 0. The molecule has 17 heavy (non-hydrogen) atoms. The van der Waals surface area contributed by atoms with Crippen molar-refractivity contribution in [3.63, 3.8) is 0 Å². The van der Waals surface area contributed by atoms with E-state index in [1.807, 2.05) is 36.4 Å². The molecule has 0 aliphatic heterocycles. The average Bonchev–Trinajstić information content (AvgIpc) is 2.42. The molecule has 0 saturated carbocycles. The summed E-state index contributed by atoms with van der Waals surface area (Å²) in [6, 6.07) is 20.3. The summed E-state index contributed by atoms with van der Waals surface area (Å²) in [6.45, 7) is 0. The molecule has 0 aliphatic carbocycles. The Morgan fingerprint density at radius 3 is 2.06 bits per heavy atom. The lowest BCUT2D eigenvalue weighted by atomic mass is 9.99. The summed E-state index contributed by atoms with van der Waals surface area (Å²) in [6.07, 6.45) is 9.69. The third-order valence-corrected chi connectivity index (χ3v) is 2.62. The maximum absolute atomic E-state index is 5.57. The molecule has 0 fully saturated rings. The summed E-state index contributed by atoms with van der Waals surface area (Å²) in [5.41, 5.74) is 2.32. The minimum absolute atomic E-state index is 0.0383. The van der Waals surface area contributed by atoms with E-state index in [0.29, 0.717) is 0 Å². The van der Waals surface area contributed by atoms with Gasteiger partial charge in [-0.2, -0.15) is 0 Å². The fourth-order valence-corrected chi connectivity index (χ4v) is 1.69. The van der Waals surface area contributed by atoms with Crippen molar-refractivity contribution in [3.8, 4) is 12.3 Å². The normalized spacial score (nSPS) is 12.2.